The molecule has 0 aliphatic carbocycles. The van der Waals surface area contributed by atoms with E-state index < -0.39 is 0 Å². The molecule has 1 N–H and O–H groups in total. The second-order valence-electron chi connectivity index (χ2n) is 7.64. The molecule has 7 heteroatoms. The van der Waals surface area contributed by atoms with Crippen LogP contribution in [0.1, 0.15) is 31.2 Å². The van der Waals surface area contributed by atoms with Gasteiger partial charge < -0.3 is 9.84 Å². The summed E-state index contributed by atoms with van der Waals surface area (Å²) in [4.78, 5) is 19.5. The zero-order valence-electron chi connectivity index (χ0n) is 17.0. The first-order chi connectivity index (χ1) is 14.6. The number of halogens is 1. The average molecular weight is 469 g/mol. The van der Waals surface area contributed by atoms with Crippen molar-refractivity contribution in [1.29, 1.82) is 0 Å². The van der Waals surface area contributed by atoms with Crippen LogP contribution in [0.25, 0.3) is 11.4 Å². The smallest absolute Gasteiger partial charge is 0.241 e. The van der Waals surface area contributed by atoms with Gasteiger partial charge in [-0.2, -0.15) is 4.98 Å². The monoisotopic (exact) mass is 468 g/mol. The van der Waals surface area contributed by atoms with Crippen LogP contribution >= 0.6 is 15.9 Å². The van der Waals surface area contributed by atoms with Gasteiger partial charge in [0.15, 0.2) is 0 Å². The van der Waals surface area contributed by atoms with Crippen LogP contribution in [0.3, 0.4) is 0 Å². The number of rotatable bonds is 6. The number of nitrogens with one attached hydrogen (secondary N) is 1. The van der Waals surface area contributed by atoms with E-state index in [1.165, 1.54) is 5.56 Å². The van der Waals surface area contributed by atoms with Crippen molar-refractivity contribution in [2.45, 2.75) is 32.7 Å². The lowest BCUT2D eigenvalue weighted by Crippen LogP contribution is -2.40. The number of amides is 1. The quantitative estimate of drug-likeness (QED) is 0.556. The number of nitrogens with zero attached hydrogens (tertiary/aromatic N) is 3. The summed E-state index contributed by atoms with van der Waals surface area (Å²) >= 11 is 3.46. The van der Waals surface area contributed by atoms with Gasteiger partial charge in [-0.25, -0.2) is 0 Å². The van der Waals surface area contributed by atoms with Gasteiger partial charge in [0.25, 0.3) is 0 Å². The Balaban J connectivity index is 1.35. The molecule has 0 radical (unpaired) electrons. The van der Waals surface area contributed by atoms with Crippen LogP contribution in [0, 0.1) is 5.92 Å². The molecular formula is C23H25BrN4O2. The van der Waals surface area contributed by atoms with Crippen molar-refractivity contribution in [3.8, 4) is 11.4 Å². The van der Waals surface area contributed by atoms with Crippen molar-refractivity contribution < 1.29 is 9.32 Å². The molecule has 2 heterocycles. The number of hydrogen-bond acceptors (Lipinski definition) is 5. The molecular weight excluding hydrogens is 444 g/mol. The van der Waals surface area contributed by atoms with E-state index in [-0.39, 0.29) is 11.8 Å². The molecule has 1 aliphatic rings. The summed E-state index contributed by atoms with van der Waals surface area (Å²) in [6.45, 7) is 4.28. The SMILES string of the molecule is CCc1ccc(NC(=O)C2CCCN(Cc3nc(-c4cccc(Br)c4)no3)C2)cc1. The summed E-state index contributed by atoms with van der Waals surface area (Å²) in [5.74, 6) is 1.18. The van der Waals surface area contributed by atoms with E-state index in [1.54, 1.807) is 0 Å². The first-order valence-corrected chi connectivity index (χ1v) is 11.1. The Morgan fingerprint density at radius 3 is 2.87 bits per heavy atom. The van der Waals surface area contributed by atoms with Crippen molar-refractivity contribution in [2.75, 3.05) is 18.4 Å². The number of carbonyl (C=O) groups excluding carboxylic acids is 1. The Hall–Kier alpha value is -2.51. The molecule has 0 bridgehead atoms. The predicted molar refractivity (Wildman–Crippen MR) is 120 cm³/mol. The molecule has 1 aliphatic heterocycles. The lowest BCUT2D eigenvalue weighted by Gasteiger charge is -2.30. The third-order valence-electron chi connectivity index (χ3n) is 5.42. The lowest BCUT2D eigenvalue weighted by molar-refractivity contribution is -0.121. The van der Waals surface area contributed by atoms with Crippen molar-refractivity contribution >= 4 is 27.5 Å². The summed E-state index contributed by atoms with van der Waals surface area (Å²) in [5, 5.41) is 7.16. The molecule has 6 nitrogen and oxygen atoms in total. The molecule has 2 aromatic carbocycles. The second-order valence-corrected chi connectivity index (χ2v) is 8.55. The van der Waals surface area contributed by atoms with E-state index in [1.807, 2.05) is 36.4 Å². The maximum atomic E-state index is 12.7. The van der Waals surface area contributed by atoms with Gasteiger partial charge in [0.05, 0.1) is 12.5 Å². The zero-order valence-corrected chi connectivity index (χ0v) is 18.6. The molecule has 0 spiro atoms. The van der Waals surface area contributed by atoms with Crippen molar-refractivity contribution in [1.82, 2.24) is 15.0 Å². The second kappa shape index (κ2) is 9.53. The fraction of sp³-hybridized carbons (Fsp3) is 0.348. The third-order valence-corrected chi connectivity index (χ3v) is 5.91. The summed E-state index contributed by atoms with van der Waals surface area (Å²) in [6.07, 6.45) is 2.85. The van der Waals surface area contributed by atoms with E-state index in [0.29, 0.717) is 24.8 Å². The Labute approximate surface area is 184 Å². The fourth-order valence-corrected chi connectivity index (χ4v) is 4.14. The number of aromatic nitrogens is 2. The Morgan fingerprint density at radius 2 is 2.10 bits per heavy atom. The molecule has 1 saturated heterocycles. The van der Waals surface area contributed by atoms with Gasteiger partial charge in [-0.05, 0) is 55.6 Å². The van der Waals surface area contributed by atoms with Gasteiger partial charge in [0, 0.05) is 22.3 Å². The maximum Gasteiger partial charge on any atom is 0.241 e. The van der Waals surface area contributed by atoms with Gasteiger partial charge in [0.2, 0.25) is 17.6 Å². The van der Waals surface area contributed by atoms with Gasteiger partial charge in [-0.15, -0.1) is 0 Å². The highest BCUT2D eigenvalue weighted by Crippen LogP contribution is 2.23. The number of benzene rings is 2. The minimum atomic E-state index is -0.0444. The normalized spacial score (nSPS) is 17.1. The minimum Gasteiger partial charge on any atom is -0.338 e. The number of likely N-dealkylation sites (tertiary alicyclic amines) is 1. The van der Waals surface area contributed by atoms with Crippen LogP contribution in [0.5, 0.6) is 0 Å². The van der Waals surface area contributed by atoms with Crippen LogP contribution in [0.2, 0.25) is 0 Å². The molecule has 0 saturated carbocycles. The summed E-state index contributed by atoms with van der Waals surface area (Å²) in [5.41, 5.74) is 3.02. The van der Waals surface area contributed by atoms with Gasteiger partial charge in [-0.3, -0.25) is 9.69 Å². The fourth-order valence-electron chi connectivity index (χ4n) is 3.74. The lowest BCUT2D eigenvalue weighted by atomic mass is 9.97. The molecule has 156 valence electrons. The number of hydrogen-bond donors (Lipinski definition) is 1. The highest BCUT2D eigenvalue weighted by molar-refractivity contribution is 9.10. The molecule has 4 rings (SSSR count). The van der Waals surface area contributed by atoms with E-state index >= 15 is 0 Å². The third kappa shape index (κ3) is 5.15. The Bertz CT molecular complexity index is 1000. The number of aryl methyl sites for hydroxylation is 1. The predicted octanol–water partition coefficient (Wildman–Crippen LogP) is 4.91. The number of carbonyl (C=O) groups is 1. The first kappa shape index (κ1) is 20.8. The highest BCUT2D eigenvalue weighted by Gasteiger charge is 2.27. The van der Waals surface area contributed by atoms with Crippen molar-refractivity contribution in [3.63, 3.8) is 0 Å². The molecule has 1 aromatic heterocycles. The van der Waals surface area contributed by atoms with Crippen LogP contribution in [-0.2, 0) is 17.8 Å². The van der Waals surface area contributed by atoms with E-state index in [4.69, 9.17) is 4.52 Å². The van der Waals surface area contributed by atoms with Crippen LogP contribution in [0.15, 0.2) is 57.5 Å². The summed E-state index contributed by atoms with van der Waals surface area (Å²) < 4.78 is 6.43. The maximum absolute atomic E-state index is 12.7. The largest absolute Gasteiger partial charge is 0.338 e. The Morgan fingerprint density at radius 1 is 1.27 bits per heavy atom. The van der Waals surface area contributed by atoms with Crippen molar-refractivity contribution in [3.05, 3.63) is 64.5 Å². The van der Waals surface area contributed by atoms with Crippen LogP contribution in [-0.4, -0.2) is 34.0 Å². The first-order valence-electron chi connectivity index (χ1n) is 10.3. The van der Waals surface area contributed by atoms with Gasteiger partial charge in [-0.1, -0.05) is 52.3 Å². The highest BCUT2D eigenvalue weighted by atomic mass is 79.9. The molecule has 30 heavy (non-hydrogen) atoms. The molecule has 1 unspecified atom stereocenters. The van der Waals surface area contributed by atoms with Crippen LogP contribution < -0.4 is 5.32 Å². The molecule has 1 amide bonds. The standard InChI is InChI=1S/C23H25BrN4O2/c1-2-16-8-10-20(11-9-16)25-23(29)18-6-4-12-28(14-18)15-21-26-22(27-30-21)17-5-3-7-19(24)13-17/h3,5,7-11,13,18H,2,4,6,12,14-15H2,1H3,(H,25,29). The van der Waals surface area contributed by atoms with Crippen LogP contribution in [0.4, 0.5) is 5.69 Å². The number of anilines is 1. The summed E-state index contributed by atoms with van der Waals surface area (Å²) in [7, 11) is 0. The van der Waals surface area contributed by atoms with E-state index in [0.717, 1.165) is 41.5 Å². The Kier molecular flexibility index (Phi) is 6.59. The average Bonchev–Trinajstić information content (AvgIpc) is 3.23. The van der Waals surface area contributed by atoms with Crippen molar-refractivity contribution in [2.24, 2.45) is 5.92 Å². The molecule has 3 aromatic rings. The molecule has 1 atom stereocenters. The molecule has 1 fully saturated rings. The van der Waals surface area contributed by atoms with E-state index in [9.17, 15) is 4.79 Å². The van der Waals surface area contributed by atoms with Gasteiger partial charge in [0.1, 0.15) is 0 Å². The van der Waals surface area contributed by atoms with Gasteiger partial charge >= 0.3 is 0 Å². The minimum absolute atomic E-state index is 0.0444. The zero-order chi connectivity index (χ0) is 20.9. The topological polar surface area (TPSA) is 71.3 Å². The summed E-state index contributed by atoms with van der Waals surface area (Å²) in [6, 6.07) is 15.9. The van der Waals surface area contributed by atoms with E-state index in [2.05, 4.69) is 55.3 Å². The number of piperidine rings is 1.